The van der Waals surface area contributed by atoms with Crippen LogP contribution in [0.15, 0.2) is 22.6 Å². The fourth-order valence-electron chi connectivity index (χ4n) is 2.17. The van der Waals surface area contributed by atoms with Crippen molar-refractivity contribution >= 4 is 29.3 Å². The van der Waals surface area contributed by atoms with Crippen molar-refractivity contribution in [3.63, 3.8) is 0 Å². The van der Waals surface area contributed by atoms with E-state index in [2.05, 4.69) is 5.32 Å². The fourth-order valence-corrected chi connectivity index (χ4v) is 2.17. The number of carbonyl (C=O) groups excluding carboxylic acids is 1. The SMILES string of the molecule is COc1ccc2oc(C(C)NC(=O)[C@@H](C)N)c(C)c2c1.Cl. The minimum Gasteiger partial charge on any atom is -0.497 e. The smallest absolute Gasteiger partial charge is 0.237 e. The molecule has 0 saturated heterocycles. The van der Waals surface area contributed by atoms with Crippen LogP contribution in [0.5, 0.6) is 5.75 Å². The van der Waals surface area contributed by atoms with Gasteiger partial charge in [-0.2, -0.15) is 0 Å². The van der Waals surface area contributed by atoms with Crippen LogP contribution in [0.3, 0.4) is 0 Å². The van der Waals surface area contributed by atoms with Gasteiger partial charge in [-0.05, 0) is 39.0 Å². The molecule has 5 nitrogen and oxygen atoms in total. The molecule has 0 radical (unpaired) electrons. The summed E-state index contributed by atoms with van der Waals surface area (Å²) in [5.41, 5.74) is 7.33. The number of amides is 1. The van der Waals surface area contributed by atoms with Crippen molar-refractivity contribution in [2.75, 3.05) is 7.11 Å². The van der Waals surface area contributed by atoms with Crippen LogP contribution in [-0.2, 0) is 4.79 Å². The number of fused-ring (bicyclic) bond motifs is 1. The topological polar surface area (TPSA) is 77.5 Å². The van der Waals surface area contributed by atoms with Gasteiger partial charge < -0.3 is 20.2 Å². The van der Waals surface area contributed by atoms with Gasteiger partial charge in [0.15, 0.2) is 0 Å². The highest BCUT2D eigenvalue weighted by Gasteiger charge is 2.19. The first-order valence-corrected chi connectivity index (χ1v) is 6.57. The van der Waals surface area contributed by atoms with Gasteiger partial charge in [0.1, 0.15) is 17.1 Å². The zero-order valence-electron chi connectivity index (χ0n) is 12.6. The summed E-state index contributed by atoms with van der Waals surface area (Å²) in [7, 11) is 1.63. The van der Waals surface area contributed by atoms with Gasteiger partial charge in [-0.25, -0.2) is 0 Å². The quantitative estimate of drug-likeness (QED) is 0.910. The number of rotatable bonds is 4. The summed E-state index contributed by atoms with van der Waals surface area (Å²) in [5, 5.41) is 3.82. The van der Waals surface area contributed by atoms with Crippen molar-refractivity contribution < 1.29 is 13.9 Å². The number of furan rings is 1. The highest BCUT2D eigenvalue weighted by atomic mass is 35.5. The maximum atomic E-state index is 11.7. The molecule has 0 aliphatic rings. The first-order chi connectivity index (χ1) is 9.43. The number of nitrogens with one attached hydrogen (secondary N) is 1. The Labute approximate surface area is 130 Å². The number of aryl methyl sites for hydroxylation is 1. The molecule has 3 N–H and O–H groups in total. The predicted molar refractivity (Wildman–Crippen MR) is 85.0 cm³/mol. The molecule has 1 aromatic carbocycles. The predicted octanol–water partition coefficient (Wildman–Crippen LogP) is 2.70. The van der Waals surface area contributed by atoms with Gasteiger partial charge in [-0.3, -0.25) is 4.79 Å². The summed E-state index contributed by atoms with van der Waals surface area (Å²) in [4.78, 5) is 11.7. The van der Waals surface area contributed by atoms with E-state index in [1.807, 2.05) is 32.0 Å². The van der Waals surface area contributed by atoms with Gasteiger partial charge >= 0.3 is 0 Å². The van der Waals surface area contributed by atoms with Crippen LogP contribution in [0.2, 0.25) is 0 Å². The number of ether oxygens (including phenoxy) is 1. The van der Waals surface area contributed by atoms with Gasteiger partial charge in [-0.1, -0.05) is 0 Å². The van der Waals surface area contributed by atoms with Gasteiger partial charge in [0.2, 0.25) is 5.91 Å². The Hall–Kier alpha value is -1.72. The summed E-state index contributed by atoms with van der Waals surface area (Å²) in [6, 6.07) is 4.87. The monoisotopic (exact) mass is 312 g/mol. The molecule has 116 valence electrons. The van der Waals surface area contributed by atoms with Gasteiger partial charge in [0, 0.05) is 10.9 Å². The molecule has 0 saturated carbocycles. The fraction of sp³-hybridized carbons (Fsp3) is 0.400. The third kappa shape index (κ3) is 3.49. The van der Waals surface area contributed by atoms with Crippen LogP contribution >= 0.6 is 12.4 Å². The van der Waals surface area contributed by atoms with Crippen LogP contribution in [0.1, 0.15) is 31.2 Å². The number of hydrogen-bond donors (Lipinski definition) is 2. The van der Waals surface area contributed by atoms with Gasteiger partial charge in [-0.15, -0.1) is 12.4 Å². The number of hydrogen-bond acceptors (Lipinski definition) is 4. The van der Waals surface area contributed by atoms with E-state index < -0.39 is 6.04 Å². The third-order valence-electron chi connectivity index (χ3n) is 3.35. The highest BCUT2D eigenvalue weighted by molar-refractivity contribution is 5.85. The largest absolute Gasteiger partial charge is 0.497 e. The highest BCUT2D eigenvalue weighted by Crippen LogP contribution is 2.31. The maximum absolute atomic E-state index is 11.7. The minimum atomic E-state index is -0.540. The van der Waals surface area contributed by atoms with Crippen molar-refractivity contribution in [3.8, 4) is 5.75 Å². The number of methoxy groups -OCH3 is 1. The first kappa shape index (κ1) is 17.3. The zero-order chi connectivity index (χ0) is 14.9. The average molecular weight is 313 g/mol. The second-order valence-electron chi connectivity index (χ2n) is 4.97. The molecule has 2 rings (SSSR count). The number of carbonyl (C=O) groups is 1. The standard InChI is InChI=1S/C15H20N2O3.ClH/c1-8-12-7-11(19-4)5-6-13(12)20-14(8)10(3)17-15(18)9(2)16;/h5-7,9-10H,16H2,1-4H3,(H,17,18);1H/t9-,10?;/m1./s1. The molecule has 2 aromatic rings. The van der Waals surface area contributed by atoms with E-state index in [1.165, 1.54) is 0 Å². The van der Waals surface area contributed by atoms with Crippen LogP contribution in [0.25, 0.3) is 11.0 Å². The molecule has 21 heavy (non-hydrogen) atoms. The van der Waals surface area contributed by atoms with E-state index in [4.69, 9.17) is 14.9 Å². The molecule has 0 aliphatic carbocycles. The number of nitrogens with two attached hydrogens (primary N) is 1. The molecule has 0 aliphatic heterocycles. The Kier molecular flexibility index (Phi) is 5.63. The molecule has 1 aromatic heterocycles. The Morgan fingerprint density at radius 3 is 2.62 bits per heavy atom. The van der Waals surface area contributed by atoms with Crippen molar-refractivity contribution in [2.24, 2.45) is 5.73 Å². The maximum Gasteiger partial charge on any atom is 0.237 e. The molecule has 0 spiro atoms. The molecule has 6 heteroatoms. The Morgan fingerprint density at radius 1 is 1.38 bits per heavy atom. The van der Waals surface area contributed by atoms with E-state index in [9.17, 15) is 4.79 Å². The summed E-state index contributed by atoms with van der Waals surface area (Å²) in [6.07, 6.45) is 0. The lowest BCUT2D eigenvalue weighted by Gasteiger charge is -2.14. The Bertz CT molecular complexity index is 637. The molecule has 0 bridgehead atoms. The van der Waals surface area contributed by atoms with Crippen LogP contribution in [0, 0.1) is 6.92 Å². The summed E-state index contributed by atoms with van der Waals surface area (Å²) >= 11 is 0. The lowest BCUT2D eigenvalue weighted by Crippen LogP contribution is -2.39. The molecule has 2 atom stereocenters. The molecule has 1 amide bonds. The van der Waals surface area contributed by atoms with Crippen LogP contribution in [0.4, 0.5) is 0 Å². The molecule has 1 heterocycles. The van der Waals surface area contributed by atoms with Crippen LogP contribution < -0.4 is 15.8 Å². The third-order valence-corrected chi connectivity index (χ3v) is 3.35. The number of halogens is 1. The lowest BCUT2D eigenvalue weighted by molar-refractivity contribution is -0.122. The van der Waals surface area contributed by atoms with E-state index in [0.717, 1.165) is 28.0 Å². The van der Waals surface area contributed by atoms with Crippen molar-refractivity contribution in [1.82, 2.24) is 5.32 Å². The normalized spacial score (nSPS) is 13.4. The summed E-state index contributed by atoms with van der Waals surface area (Å²) in [5.74, 6) is 1.32. The second-order valence-corrected chi connectivity index (χ2v) is 4.97. The zero-order valence-corrected chi connectivity index (χ0v) is 13.4. The van der Waals surface area contributed by atoms with Gasteiger partial charge in [0.25, 0.3) is 0 Å². The van der Waals surface area contributed by atoms with E-state index in [-0.39, 0.29) is 24.4 Å². The van der Waals surface area contributed by atoms with Crippen LogP contribution in [-0.4, -0.2) is 19.1 Å². The molecule has 1 unspecified atom stereocenters. The second kappa shape index (κ2) is 6.83. The molecular formula is C15H21ClN2O3. The minimum absolute atomic E-state index is 0. The van der Waals surface area contributed by atoms with Crippen molar-refractivity contribution in [2.45, 2.75) is 32.9 Å². The van der Waals surface area contributed by atoms with E-state index in [0.29, 0.717) is 0 Å². The lowest BCUT2D eigenvalue weighted by atomic mass is 10.1. The van der Waals surface area contributed by atoms with Crippen molar-refractivity contribution in [3.05, 3.63) is 29.5 Å². The first-order valence-electron chi connectivity index (χ1n) is 6.57. The van der Waals surface area contributed by atoms with E-state index in [1.54, 1.807) is 14.0 Å². The van der Waals surface area contributed by atoms with E-state index >= 15 is 0 Å². The summed E-state index contributed by atoms with van der Waals surface area (Å²) in [6.45, 7) is 5.50. The molecule has 0 fully saturated rings. The Balaban J connectivity index is 0.00000220. The van der Waals surface area contributed by atoms with Gasteiger partial charge in [0.05, 0.1) is 19.2 Å². The molecular weight excluding hydrogens is 292 g/mol. The summed E-state index contributed by atoms with van der Waals surface area (Å²) < 4.78 is 11.0. The number of benzene rings is 1. The average Bonchev–Trinajstić information content (AvgIpc) is 2.75. The Morgan fingerprint density at radius 2 is 2.05 bits per heavy atom. The van der Waals surface area contributed by atoms with Crippen molar-refractivity contribution in [1.29, 1.82) is 0 Å².